The van der Waals surface area contributed by atoms with Gasteiger partial charge in [-0.2, -0.15) is 0 Å². The van der Waals surface area contributed by atoms with Crippen LogP contribution in [0.15, 0.2) is 47.1 Å². The number of aliphatic hydroxyl groups excluding tert-OH is 1. The number of benzene rings is 1. The Morgan fingerprint density at radius 3 is 2.70 bits per heavy atom. The predicted octanol–water partition coefficient (Wildman–Crippen LogP) is 2.90. The topological polar surface area (TPSA) is 74.5 Å². The van der Waals surface area contributed by atoms with E-state index in [4.69, 9.17) is 4.42 Å². The minimum absolute atomic E-state index is 0.101. The van der Waals surface area contributed by atoms with Gasteiger partial charge in [0.1, 0.15) is 11.9 Å². The van der Waals surface area contributed by atoms with E-state index in [-0.39, 0.29) is 18.0 Å². The molecule has 2 aromatic rings. The molecule has 124 valence electrons. The van der Waals surface area contributed by atoms with E-state index < -0.39 is 6.10 Å². The van der Waals surface area contributed by atoms with Gasteiger partial charge in [0.15, 0.2) is 0 Å². The quantitative estimate of drug-likeness (QED) is 0.767. The molecule has 0 saturated carbocycles. The Hall–Kier alpha value is -2.27. The maximum absolute atomic E-state index is 11.9. The number of carbonyl (C=O) groups is 1. The molecular formula is C18H24N2O3. The number of nitrogens with one attached hydrogen (secondary N) is 2. The third-order valence-electron chi connectivity index (χ3n) is 3.82. The average molecular weight is 316 g/mol. The first-order valence-electron chi connectivity index (χ1n) is 7.69. The molecule has 5 nitrogen and oxygen atoms in total. The van der Waals surface area contributed by atoms with Gasteiger partial charge in [-0.15, -0.1) is 0 Å². The molecule has 1 aromatic carbocycles. The van der Waals surface area contributed by atoms with Gasteiger partial charge in [0.25, 0.3) is 0 Å². The van der Waals surface area contributed by atoms with Crippen LogP contribution in [0.25, 0.3) is 0 Å². The Morgan fingerprint density at radius 2 is 2.04 bits per heavy atom. The standard InChI is InChI=1S/C18H24N2O3/c1-13-6-4-7-14(10-13)18(2,3)12-20-17(22)19-11-15(21)16-8-5-9-23-16/h4-10,15,21H,11-12H2,1-3H3,(H2,19,20,22). The number of hydrogen-bond donors (Lipinski definition) is 3. The highest BCUT2D eigenvalue weighted by Gasteiger charge is 2.21. The average Bonchev–Trinajstić information content (AvgIpc) is 3.05. The Balaban J connectivity index is 1.81. The lowest BCUT2D eigenvalue weighted by Crippen LogP contribution is -2.43. The van der Waals surface area contributed by atoms with Crippen LogP contribution in [0.5, 0.6) is 0 Å². The molecule has 0 spiro atoms. The number of aliphatic hydroxyl groups is 1. The van der Waals surface area contributed by atoms with Crippen LogP contribution in [-0.2, 0) is 5.41 Å². The minimum atomic E-state index is -0.847. The third-order valence-corrected chi connectivity index (χ3v) is 3.82. The molecule has 0 radical (unpaired) electrons. The van der Waals surface area contributed by atoms with Crippen LogP contribution in [0.2, 0.25) is 0 Å². The van der Waals surface area contributed by atoms with Crippen molar-refractivity contribution in [3.63, 3.8) is 0 Å². The van der Waals surface area contributed by atoms with Crippen LogP contribution in [-0.4, -0.2) is 24.2 Å². The summed E-state index contributed by atoms with van der Waals surface area (Å²) in [5.74, 6) is 0.436. The molecule has 23 heavy (non-hydrogen) atoms. The first-order chi connectivity index (χ1) is 10.9. The van der Waals surface area contributed by atoms with Crippen LogP contribution < -0.4 is 10.6 Å². The molecule has 3 N–H and O–H groups in total. The van der Waals surface area contributed by atoms with Crippen molar-refractivity contribution in [1.29, 1.82) is 0 Å². The van der Waals surface area contributed by atoms with Crippen molar-refractivity contribution in [2.75, 3.05) is 13.1 Å². The molecule has 0 aliphatic rings. The zero-order valence-corrected chi connectivity index (χ0v) is 13.8. The van der Waals surface area contributed by atoms with Gasteiger partial charge in [-0.3, -0.25) is 0 Å². The lowest BCUT2D eigenvalue weighted by Gasteiger charge is -2.26. The van der Waals surface area contributed by atoms with Crippen LogP contribution in [0.4, 0.5) is 4.79 Å². The summed E-state index contributed by atoms with van der Waals surface area (Å²) < 4.78 is 5.09. The Bertz CT molecular complexity index is 635. The van der Waals surface area contributed by atoms with Crippen molar-refractivity contribution >= 4 is 6.03 Å². The van der Waals surface area contributed by atoms with E-state index in [1.807, 2.05) is 6.07 Å². The number of amides is 2. The summed E-state index contributed by atoms with van der Waals surface area (Å²) in [6.07, 6.45) is 0.642. The maximum Gasteiger partial charge on any atom is 0.314 e. The molecule has 1 heterocycles. The molecule has 2 amide bonds. The number of aryl methyl sites for hydroxylation is 1. The monoisotopic (exact) mass is 316 g/mol. The Kier molecular flexibility index (Phi) is 5.45. The smallest absolute Gasteiger partial charge is 0.314 e. The minimum Gasteiger partial charge on any atom is -0.467 e. The maximum atomic E-state index is 11.9. The first-order valence-corrected chi connectivity index (χ1v) is 7.69. The molecule has 0 aliphatic heterocycles. The highest BCUT2D eigenvalue weighted by Crippen LogP contribution is 2.23. The second-order valence-electron chi connectivity index (χ2n) is 6.35. The van der Waals surface area contributed by atoms with Gasteiger partial charge >= 0.3 is 6.03 Å². The van der Waals surface area contributed by atoms with Gasteiger partial charge in [0.05, 0.1) is 12.8 Å². The fraction of sp³-hybridized carbons (Fsp3) is 0.389. The van der Waals surface area contributed by atoms with E-state index in [1.165, 1.54) is 17.4 Å². The summed E-state index contributed by atoms with van der Waals surface area (Å²) in [4.78, 5) is 11.9. The van der Waals surface area contributed by atoms with Gasteiger partial charge in [0, 0.05) is 12.0 Å². The van der Waals surface area contributed by atoms with Crippen molar-refractivity contribution in [3.05, 3.63) is 59.5 Å². The molecule has 0 fully saturated rings. The number of urea groups is 1. The van der Waals surface area contributed by atoms with Crippen LogP contribution in [0.1, 0.15) is 36.8 Å². The summed E-state index contributed by atoms with van der Waals surface area (Å²) >= 11 is 0. The van der Waals surface area contributed by atoms with Gasteiger partial charge < -0.3 is 20.2 Å². The van der Waals surface area contributed by atoms with E-state index in [1.54, 1.807) is 12.1 Å². The van der Waals surface area contributed by atoms with Gasteiger partial charge in [-0.1, -0.05) is 43.7 Å². The van der Waals surface area contributed by atoms with Crippen molar-refractivity contribution in [2.45, 2.75) is 32.3 Å². The second kappa shape index (κ2) is 7.33. The van der Waals surface area contributed by atoms with Gasteiger partial charge in [0.2, 0.25) is 0 Å². The lowest BCUT2D eigenvalue weighted by atomic mass is 9.84. The highest BCUT2D eigenvalue weighted by molar-refractivity contribution is 5.74. The molecular weight excluding hydrogens is 292 g/mol. The Morgan fingerprint density at radius 1 is 1.26 bits per heavy atom. The molecule has 1 unspecified atom stereocenters. The molecule has 0 saturated heterocycles. The summed E-state index contributed by atoms with van der Waals surface area (Å²) in [5, 5.41) is 15.4. The highest BCUT2D eigenvalue weighted by atomic mass is 16.4. The summed E-state index contributed by atoms with van der Waals surface area (Å²) in [6.45, 7) is 6.82. The lowest BCUT2D eigenvalue weighted by molar-refractivity contribution is 0.147. The zero-order valence-electron chi connectivity index (χ0n) is 13.8. The fourth-order valence-corrected chi connectivity index (χ4v) is 2.30. The van der Waals surface area contributed by atoms with Crippen LogP contribution >= 0.6 is 0 Å². The fourth-order valence-electron chi connectivity index (χ4n) is 2.30. The second-order valence-corrected chi connectivity index (χ2v) is 6.35. The van der Waals surface area contributed by atoms with Crippen LogP contribution in [0.3, 0.4) is 0 Å². The number of hydrogen-bond acceptors (Lipinski definition) is 3. The van der Waals surface area contributed by atoms with E-state index in [2.05, 4.69) is 49.6 Å². The first kappa shape index (κ1) is 17.1. The van der Waals surface area contributed by atoms with Gasteiger partial charge in [-0.05, 0) is 24.6 Å². The predicted molar refractivity (Wildman–Crippen MR) is 89.3 cm³/mol. The van der Waals surface area contributed by atoms with Gasteiger partial charge in [-0.25, -0.2) is 4.79 Å². The van der Waals surface area contributed by atoms with Crippen LogP contribution in [0, 0.1) is 6.92 Å². The SMILES string of the molecule is Cc1cccc(C(C)(C)CNC(=O)NCC(O)c2ccco2)c1. The molecule has 1 atom stereocenters. The van der Waals surface area contributed by atoms with Crippen molar-refractivity contribution in [3.8, 4) is 0 Å². The number of carbonyl (C=O) groups excluding carboxylic acids is 1. The summed E-state index contributed by atoms with van der Waals surface area (Å²) in [5.41, 5.74) is 2.19. The normalized spacial score (nSPS) is 12.7. The number of rotatable bonds is 6. The summed E-state index contributed by atoms with van der Waals surface area (Å²) in [7, 11) is 0. The van der Waals surface area contributed by atoms with E-state index in [9.17, 15) is 9.90 Å². The molecule has 5 heteroatoms. The molecule has 1 aromatic heterocycles. The largest absolute Gasteiger partial charge is 0.467 e. The number of furan rings is 1. The van der Waals surface area contributed by atoms with Crippen molar-refractivity contribution in [2.24, 2.45) is 0 Å². The van der Waals surface area contributed by atoms with E-state index >= 15 is 0 Å². The van der Waals surface area contributed by atoms with Crippen molar-refractivity contribution in [1.82, 2.24) is 10.6 Å². The van der Waals surface area contributed by atoms with E-state index in [0.717, 1.165) is 0 Å². The molecule has 0 aliphatic carbocycles. The zero-order chi connectivity index (χ0) is 16.9. The third kappa shape index (κ3) is 4.86. The van der Waals surface area contributed by atoms with Crippen molar-refractivity contribution < 1.29 is 14.3 Å². The van der Waals surface area contributed by atoms with E-state index in [0.29, 0.717) is 12.3 Å². The summed E-state index contributed by atoms with van der Waals surface area (Å²) in [6, 6.07) is 11.3. The Labute approximate surface area is 136 Å². The molecule has 2 rings (SSSR count). The molecule has 0 bridgehead atoms.